The molecule has 4 nitrogen and oxygen atoms in total. The van der Waals surface area contributed by atoms with Crippen molar-refractivity contribution in [1.82, 2.24) is 9.97 Å². The summed E-state index contributed by atoms with van der Waals surface area (Å²) in [6.07, 6.45) is 0. The molecule has 0 aliphatic carbocycles. The van der Waals surface area contributed by atoms with Crippen LogP contribution in [0.2, 0.25) is 0 Å². The van der Waals surface area contributed by atoms with Gasteiger partial charge in [-0.3, -0.25) is 0 Å². The summed E-state index contributed by atoms with van der Waals surface area (Å²) >= 11 is 0. The summed E-state index contributed by atoms with van der Waals surface area (Å²) < 4.78 is 0. The number of rotatable bonds is 0. The molecule has 0 unspecified atom stereocenters. The number of hydrogen-bond donors (Lipinski definition) is 1. The Morgan fingerprint density at radius 2 is 0.862 bits per heavy atom. The number of nitrogens with zero attached hydrogens (tertiary/aromatic N) is 3. The highest BCUT2D eigenvalue weighted by Crippen LogP contribution is 2.41. The van der Waals surface area contributed by atoms with Gasteiger partial charge in [0.15, 0.2) is 0 Å². The second kappa shape index (κ2) is 7.24. The summed E-state index contributed by atoms with van der Waals surface area (Å²) in [7, 11) is 2.10. The molecular formula is C25H20N4. The van der Waals surface area contributed by atoms with E-state index < -0.39 is 0 Å². The molecule has 0 fully saturated rings. The van der Waals surface area contributed by atoms with Crippen molar-refractivity contribution in [2.45, 2.75) is 0 Å². The minimum absolute atomic E-state index is 0.950. The molecule has 29 heavy (non-hydrogen) atoms. The predicted octanol–water partition coefficient (Wildman–Crippen LogP) is 6.29. The van der Waals surface area contributed by atoms with Gasteiger partial charge in [-0.2, -0.15) is 0 Å². The molecule has 0 saturated heterocycles. The standard InChI is InChI=1S/C13H12N2.C12H8N2/c1-15-12-8-4-2-6-10(12)14-11-7-3-5-9-13(11)15;1-2-6-10-9(5-1)13-11-7-3-4-8-12(11)14-10/h2-9,14H,1H3;1-8H. The lowest BCUT2D eigenvalue weighted by Crippen LogP contribution is -2.17. The van der Waals surface area contributed by atoms with Crippen molar-refractivity contribution >= 4 is 44.8 Å². The number of para-hydroxylation sites is 8. The van der Waals surface area contributed by atoms with E-state index >= 15 is 0 Å². The maximum absolute atomic E-state index is 4.52. The Kier molecular flexibility index (Phi) is 4.30. The van der Waals surface area contributed by atoms with Gasteiger partial charge >= 0.3 is 0 Å². The van der Waals surface area contributed by atoms with Gasteiger partial charge in [-0.05, 0) is 48.5 Å². The lowest BCUT2D eigenvalue weighted by Gasteiger charge is -2.30. The molecular weight excluding hydrogens is 356 g/mol. The van der Waals surface area contributed by atoms with Crippen LogP contribution in [0, 0.1) is 0 Å². The molecule has 0 radical (unpaired) electrons. The molecule has 0 bridgehead atoms. The van der Waals surface area contributed by atoms with Crippen LogP contribution in [0.3, 0.4) is 0 Å². The van der Waals surface area contributed by atoms with Gasteiger partial charge < -0.3 is 10.2 Å². The minimum atomic E-state index is 0.950. The topological polar surface area (TPSA) is 41.0 Å². The molecule has 1 aliphatic heterocycles. The smallest absolute Gasteiger partial charge is 0.0894 e. The summed E-state index contributed by atoms with van der Waals surface area (Å²) in [5.41, 5.74) is 8.57. The van der Waals surface area contributed by atoms with Crippen LogP contribution in [0.5, 0.6) is 0 Å². The summed E-state index contributed by atoms with van der Waals surface area (Å²) in [6, 6.07) is 32.5. The fraction of sp³-hybridized carbons (Fsp3) is 0.0400. The molecule has 1 aromatic heterocycles. The molecule has 0 atom stereocenters. The maximum Gasteiger partial charge on any atom is 0.0894 e. The van der Waals surface area contributed by atoms with Crippen molar-refractivity contribution in [3.63, 3.8) is 0 Å². The van der Waals surface area contributed by atoms with Gasteiger partial charge in [0.05, 0.1) is 44.8 Å². The Hall–Kier alpha value is -3.92. The first-order valence-electron chi connectivity index (χ1n) is 9.60. The van der Waals surface area contributed by atoms with E-state index in [1.165, 1.54) is 22.7 Å². The summed E-state index contributed by atoms with van der Waals surface area (Å²) in [5.74, 6) is 0. The van der Waals surface area contributed by atoms with Crippen molar-refractivity contribution in [3.05, 3.63) is 97.1 Å². The van der Waals surface area contributed by atoms with Crippen molar-refractivity contribution in [1.29, 1.82) is 0 Å². The minimum Gasteiger partial charge on any atom is -0.352 e. The van der Waals surface area contributed by atoms with Crippen LogP contribution in [-0.4, -0.2) is 17.0 Å². The molecule has 0 amide bonds. The Morgan fingerprint density at radius 3 is 1.28 bits per heavy atom. The first-order valence-corrected chi connectivity index (χ1v) is 9.60. The molecule has 140 valence electrons. The van der Waals surface area contributed by atoms with Gasteiger partial charge in [0.1, 0.15) is 0 Å². The average Bonchev–Trinajstić information content (AvgIpc) is 2.78. The van der Waals surface area contributed by atoms with E-state index in [1.807, 2.05) is 60.7 Å². The second-order valence-electron chi connectivity index (χ2n) is 6.92. The number of aromatic nitrogens is 2. The molecule has 0 spiro atoms. The van der Waals surface area contributed by atoms with Crippen LogP contribution in [0.1, 0.15) is 0 Å². The highest BCUT2D eigenvalue weighted by molar-refractivity contribution is 5.91. The maximum atomic E-state index is 4.52. The highest BCUT2D eigenvalue weighted by atomic mass is 15.2. The zero-order chi connectivity index (χ0) is 19.6. The Labute approximate surface area is 169 Å². The van der Waals surface area contributed by atoms with Crippen LogP contribution >= 0.6 is 0 Å². The molecule has 1 aliphatic rings. The van der Waals surface area contributed by atoms with Crippen molar-refractivity contribution in [2.75, 3.05) is 17.3 Å². The molecule has 6 rings (SSSR count). The normalized spacial score (nSPS) is 11.8. The lowest BCUT2D eigenvalue weighted by atomic mass is 10.1. The quantitative estimate of drug-likeness (QED) is 0.322. The third kappa shape index (κ3) is 3.25. The largest absolute Gasteiger partial charge is 0.352 e. The lowest BCUT2D eigenvalue weighted by molar-refractivity contribution is 1.19. The summed E-state index contributed by atoms with van der Waals surface area (Å²) in [5, 5.41) is 3.43. The van der Waals surface area contributed by atoms with Gasteiger partial charge in [-0.25, -0.2) is 9.97 Å². The number of benzene rings is 4. The summed E-state index contributed by atoms with van der Waals surface area (Å²) in [4.78, 5) is 11.2. The Balaban J connectivity index is 0.000000125. The third-order valence-electron chi connectivity index (χ3n) is 5.05. The van der Waals surface area contributed by atoms with E-state index in [4.69, 9.17) is 0 Å². The first-order chi connectivity index (χ1) is 14.3. The van der Waals surface area contributed by atoms with E-state index in [-0.39, 0.29) is 0 Å². The molecule has 1 N–H and O–H groups in total. The molecule has 0 saturated carbocycles. The number of hydrogen-bond acceptors (Lipinski definition) is 4. The Bertz CT molecular complexity index is 1160. The van der Waals surface area contributed by atoms with Crippen molar-refractivity contribution < 1.29 is 0 Å². The number of fused-ring (bicyclic) bond motifs is 4. The van der Waals surface area contributed by atoms with Crippen molar-refractivity contribution in [2.24, 2.45) is 0 Å². The average molecular weight is 376 g/mol. The van der Waals surface area contributed by atoms with E-state index in [0.29, 0.717) is 0 Å². The van der Waals surface area contributed by atoms with Crippen LogP contribution in [0.4, 0.5) is 22.7 Å². The third-order valence-corrected chi connectivity index (χ3v) is 5.05. The van der Waals surface area contributed by atoms with Gasteiger partial charge in [0.25, 0.3) is 0 Å². The van der Waals surface area contributed by atoms with E-state index in [2.05, 4.69) is 63.6 Å². The zero-order valence-electron chi connectivity index (χ0n) is 16.1. The predicted molar refractivity (Wildman–Crippen MR) is 121 cm³/mol. The molecule has 2 heterocycles. The first kappa shape index (κ1) is 17.2. The number of anilines is 4. The van der Waals surface area contributed by atoms with Gasteiger partial charge in [-0.15, -0.1) is 0 Å². The van der Waals surface area contributed by atoms with Crippen LogP contribution in [-0.2, 0) is 0 Å². The van der Waals surface area contributed by atoms with Gasteiger partial charge in [-0.1, -0.05) is 48.5 Å². The fourth-order valence-electron chi connectivity index (χ4n) is 3.58. The van der Waals surface area contributed by atoms with Gasteiger partial charge in [0, 0.05) is 7.05 Å². The zero-order valence-corrected chi connectivity index (χ0v) is 16.1. The Morgan fingerprint density at radius 1 is 0.517 bits per heavy atom. The fourth-order valence-corrected chi connectivity index (χ4v) is 3.58. The molecule has 4 heteroatoms. The van der Waals surface area contributed by atoms with E-state index in [9.17, 15) is 0 Å². The summed E-state index contributed by atoms with van der Waals surface area (Å²) in [6.45, 7) is 0. The van der Waals surface area contributed by atoms with E-state index in [1.54, 1.807) is 0 Å². The molecule has 4 aromatic carbocycles. The SMILES string of the molecule is CN1c2ccccc2Nc2ccccc21.c1ccc2nc3ccccc3nc2c1. The second-order valence-corrected chi connectivity index (χ2v) is 6.92. The molecule has 5 aromatic rings. The monoisotopic (exact) mass is 376 g/mol. The van der Waals surface area contributed by atoms with Crippen molar-refractivity contribution in [3.8, 4) is 0 Å². The van der Waals surface area contributed by atoms with Crippen LogP contribution in [0.25, 0.3) is 22.1 Å². The van der Waals surface area contributed by atoms with Crippen LogP contribution in [0.15, 0.2) is 97.1 Å². The van der Waals surface area contributed by atoms with E-state index in [0.717, 1.165) is 22.1 Å². The van der Waals surface area contributed by atoms with Crippen LogP contribution < -0.4 is 10.2 Å². The number of nitrogens with one attached hydrogen (secondary N) is 1. The highest BCUT2D eigenvalue weighted by Gasteiger charge is 2.17. The van der Waals surface area contributed by atoms with Gasteiger partial charge in [0.2, 0.25) is 0 Å².